The van der Waals surface area contributed by atoms with Crippen LogP contribution in [0.2, 0.25) is 0 Å². The molecule has 0 bridgehead atoms. The highest BCUT2D eigenvalue weighted by Gasteiger charge is 2.36. The van der Waals surface area contributed by atoms with E-state index in [1.807, 2.05) is 4.90 Å². The van der Waals surface area contributed by atoms with Crippen LogP contribution < -0.4 is 4.74 Å². The van der Waals surface area contributed by atoms with E-state index in [0.717, 1.165) is 25.7 Å². The Hall–Kier alpha value is -2.11. The van der Waals surface area contributed by atoms with Crippen LogP contribution in [-0.4, -0.2) is 54.9 Å². The van der Waals surface area contributed by atoms with Crippen molar-refractivity contribution < 1.29 is 18.7 Å². The van der Waals surface area contributed by atoms with Crippen molar-refractivity contribution in [3.63, 3.8) is 0 Å². The predicted octanol–water partition coefficient (Wildman–Crippen LogP) is 2.31. The number of nitrogens with zero attached hydrogens (tertiary/aromatic N) is 2. The van der Waals surface area contributed by atoms with E-state index in [1.165, 1.54) is 12.1 Å². The highest BCUT2D eigenvalue weighted by atomic mass is 19.1. The van der Waals surface area contributed by atoms with Crippen molar-refractivity contribution in [1.29, 1.82) is 0 Å². The predicted molar refractivity (Wildman–Crippen MR) is 91.6 cm³/mol. The number of hydrogen-bond acceptors (Lipinski definition) is 3. The Bertz CT molecular complexity index is 608. The number of amides is 2. The average Bonchev–Trinajstić information content (AvgIpc) is 3.47. The van der Waals surface area contributed by atoms with E-state index in [1.54, 1.807) is 24.1 Å². The zero-order valence-electron chi connectivity index (χ0n) is 14.6. The fourth-order valence-corrected chi connectivity index (χ4v) is 3.19. The summed E-state index contributed by atoms with van der Waals surface area (Å²) in [6.45, 7) is 2.22. The first-order valence-electron chi connectivity index (χ1n) is 8.96. The van der Waals surface area contributed by atoms with Gasteiger partial charge in [-0.1, -0.05) is 0 Å². The standard InChI is InChI=1S/C19H25FN2O3/c1-21(12-13-25-17-6-4-16(20)5-7-17)18(23)15-8-10-22(11-9-15)19(24)14-2-3-14/h4-7,14-15H,2-3,8-13H2,1H3. The van der Waals surface area contributed by atoms with Gasteiger partial charge in [0.05, 0.1) is 6.54 Å². The molecule has 2 fully saturated rings. The first-order valence-corrected chi connectivity index (χ1v) is 8.96. The van der Waals surface area contributed by atoms with Crippen LogP contribution >= 0.6 is 0 Å². The molecule has 1 aliphatic carbocycles. The maximum atomic E-state index is 12.8. The Labute approximate surface area is 147 Å². The molecule has 3 rings (SSSR count). The smallest absolute Gasteiger partial charge is 0.225 e. The molecule has 25 heavy (non-hydrogen) atoms. The Kier molecular flexibility index (Phi) is 5.56. The van der Waals surface area contributed by atoms with E-state index in [2.05, 4.69) is 0 Å². The van der Waals surface area contributed by atoms with Gasteiger partial charge < -0.3 is 14.5 Å². The number of piperidine rings is 1. The number of ether oxygens (including phenoxy) is 1. The molecule has 1 saturated carbocycles. The van der Waals surface area contributed by atoms with Crippen molar-refractivity contribution in [2.24, 2.45) is 11.8 Å². The first kappa shape index (κ1) is 17.7. The van der Waals surface area contributed by atoms with Crippen LogP contribution in [0.1, 0.15) is 25.7 Å². The van der Waals surface area contributed by atoms with Crippen LogP contribution in [0.4, 0.5) is 4.39 Å². The maximum absolute atomic E-state index is 12.8. The van der Waals surface area contributed by atoms with Crippen LogP contribution in [0.15, 0.2) is 24.3 Å². The molecule has 1 aromatic rings. The van der Waals surface area contributed by atoms with Gasteiger partial charge >= 0.3 is 0 Å². The zero-order chi connectivity index (χ0) is 17.8. The van der Waals surface area contributed by atoms with Gasteiger partial charge in [-0.15, -0.1) is 0 Å². The summed E-state index contributed by atoms with van der Waals surface area (Å²) in [5.74, 6) is 0.908. The highest BCUT2D eigenvalue weighted by molar-refractivity contribution is 5.82. The maximum Gasteiger partial charge on any atom is 0.225 e. The van der Waals surface area contributed by atoms with Crippen LogP contribution in [0, 0.1) is 17.7 Å². The lowest BCUT2D eigenvalue weighted by Crippen LogP contribution is -2.44. The summed E-state index contributed by atoms with van der Waals surface area (Å²) in [5.41, 5.74) is 0. The SMILES string of the molecule is CN(CCOc1ccc(F)cc1)C(=O)C1CCN(C(=O)C2CC2)CC1. The van der Waals surface area contributed by atoms with E-state index in [9.17, 15) is 14.0 Å². The zero-order valence-corrected chi connectivity index (χ0v) is 14.6. The van der Waals surface area contributed by atoms with Gasteiger partial charge in [0.2, 0.25) is 11.8 Å². The van der Waals surface area contributed by atoms with Gasteiger partial charge in [0.25, 0.3) is 0 Å². The lowest BCUT2D eigenvalue weighted by molar-refractivity contribution is -0.140. The number of carbonyl (C=O) groups excluding carboxylic acids is 2. The second-order valence-electron chi connectivity index (χ2n) is 6.94. The molecule has 0 N–H and O–H groups in total. The third-order valence-electron chi connectivity index (χ3n) is 4.97. The topological polar surface area (TPSA) is 49.9 Å². The molecule has 1 aliphatic heterocycles. The number of halogens is 1. The van der Waals surface area contributed by atoms with Crippen molar-refractivity contribution in [3.8, 4) is 5.75 Å². The number of likely N-dealkylation sites (N-methyl/N-ethyl adjacent to an activating group) is 1. The van der Waals surface area contributed by atoms with E-state index < -0.39 is 0 Å². The molecular formula is C19H25FN2O3. The molecule has 5 nitrogen and oxygen atoms in total. The molecule has 1 saturated heterocycles. The molecule has 2 aliphatic rings. The number of rotatable bonds is 6. The molecule has 0 aromatic heterocycles. The summed E-state index contributed by atoms with van der Waals surface area (Å²) in [5, 5.41) is 0. The Balaban J connectivity index is 1.38. The van der Waals surface area contributed by atoms with Gasteiger partial charge in [-0.05, 0) is 49.9 Å². The minimum absolute atomic E-state index is 0.0147. The second-order valence-corrected chi connectivity index (χ2v) is 6.94. The average molecular weight is 348 g/mol. The fraction of sp³-hybridized carbons (Fsp3) is 0.579. The quantitative estimate of drug-likeness (QED) is 0.793. The molecule has 0 radical (unpaired) electrons. The summed E-state index contributed by atoms with van der Waals surface area (Å²) in [6.07, 6.45) is 3.52. The molecule has 0 spiro atoms. The second kappa shape index (κ2) is 7.85. The van der Waals surface area contributed by atoms with Crippen molar-refractivity contribution in [3.05, 3.63) is 30.1 Å². The normalized spacial score (nSPS) is 18.1. The molecule has 1 heterocycles. The van der Waals surface area contributed by atoms with Gasteiger partial charge in [0.15, 0.2) is 0 Å². The van der Waals surface area contributed by atoms with Gasteiger partial charge in [-0.2, -0.15) is 0 Å². The minimum atomic E-state index is -0.300. The van der Waals surface area contributed by atoms with E-state index in [-0.39, 0.29) is 29.5 Å². The molecule has 2 amide bonds. The van der Waals surface area contributed by atoms with E-state index in [4.69, 9.17) is 4.74 Å². The molecule has 0 unspecified atom stereocenters. The lowest BCUT2D eigenvalue weighted by atomic mass is 9.95. The molecule has 0 atom stereocenters. The Morgan fingerprint density at radius 1 is 1.12 bits per heavy atom. The Morgan fingerprint density at radius 3 is 2.36 bits per heavy atom. The summed E-state index contributed by atoms with van der Waals surface area (Å²) >= 11 is 0. The van der Waals surface area contributed by atoms with Crippen LogP contribution in [0.3, 0.4) is 0 Å². The van der Waals surface area contributed by atoms with Gasteiger partial charge in [0.1, 0.15) is 18.2 Å². The largest absolute Gasteiger partial charge is 0.492 e. The lowest BCUT2D eigenvalue weighted by Gasteiger charge is -2.33. The third kappa shape index (κ3) is 4.71. The number of benzene rings is 1. The van der Waals surface area contributed by atoms with Gasteiger partial charge in [-0.3, -0.25) is 9.59 Å². The molecule has 1 aromatic carbocycles. The van der Waals surface area contributed by atoms with Crippen molar-refractivity contribution in [1.82, 2.24) is 9.80 Å². The van der Waals surface area contributed by atoms with Gasteiger partial charge in [0, 0.05) is 32.0 Å². The van der Waals surface area contributed by atoms with Crippen LogP contribution in [0.5, 0.6) is 5.75 Å². The summed E-state index contributed by atoms with van der Waals surface area (Å²) < 4.78 is 18.4. The van der Waals surface area contributed by atoms with Crippen LogP contribution in [-0.2, 0) is 9.59 Å². The Morgan fingerprint density at radius 2 is 1.76 bits per heavy atom. The van der Waals surface area contributed by atoms with E-state index in [0.29, 0.717) is 32.0 Å². The van der Waals surface area contributed by atoms with Crippen molar-refractivity contribution in [2.45, 2.75) is 25.7 Å². The first-order chi connectivity index (χ1) is 12.0. The third-order valence-corrected chi connectivity index (χ3v) is 4.97. The summed E-state index contributed by atoms with van der Waals surface area (Å²) in [7, 11) is 1.78. The summed E-state index contributed by atoms with van der Waals surface area (Å²) in [6, 6.07) is 5.84. The highest BCUT2D eigenvalue weighted by Crippen LogP contribution is 2.32. The number of likely N-dealkylation sites (tertiary alicyclic amines) is 1. The number of hydrogen-bond donors (Lipinski definition) is 0. The fourth-order valence-electron chi connectivity index (χ4n) is 3.19. The molecule has 136 valence electrons. The van der Waals surface area contributed by atoms with Crippen molar-refractivity contribution >= 4 is 11.8 Å². The van der Waals surface area contributed by atoms with Crippen molar-refractivity contribution in [2.75, 3.05) is 33.3 Å². The monoisotopic (exact) mass is 348 g/mol. The van der Waals surface area contributed by atoms with Crippen LogP contribution in [0.25, 0.3) is 0 Å². The van der Waals surface area contributed by atoms with Gasteiger partial charge in [-0.25, -0.2) is 4.39 Å². The number of carbonyl (C=O) groups is 2. The minimum Gasteiger partial charge on any atom is -0.492 e. The summed E-state index contributed by atoms with van der Waals surface area (Å²) in [4.78, 5) is 28.2. The van der Waals surface area contributed by atoms with E-state index >= 15 is 0 Å². The molecular weight excluding hydrogens is 323 g/mol. The molecule has 6 heteroatoms.